The van der Waals surface area contributed by atoms with Crippen LogP contribution in [0.3, 0.4) is 0 Å². The number of hydrogen-bond acceptors (Lipinski definition) is 4. The maximum atomic E-state index is 10.7. The number of hydrogen-bond donors (Lipinski definition) is 4. The minimum Gasteiger partial charge on any atom is -0.478 e. The summed E-state index contributed by atoms with van der Waals surface area (Å²) in [7, 11) is 0. The number of carboxylic acids is 1. The standard InChI is InChI=1S/C11H14ClNO4/c1-11(5-14,6-15)13-9-3-2-7(10(16)17)4-8(9)12/h2-4,13-15H,5-6H2,1H3,(H,16,17). The van der Waals surface area contributed by atoms with Crippen LogP contribution in [0.2, 0.25) is 5.02 Å². The third kappa shape index (κ3) is 3.33. The SMILES string of the molecule is CC(CO)(CO)Nc1ccc(C(=O)O)cc1Cl. The largest absolute Gasteiger partial charge is 0.478 e. The van der Waals surface area contributed by atoms with Gasteiger partial charge in [0.2, 0.25) is 0 Å². The maximum Gasteiger partial charge on any atom is 0.335 e. The molecule has 0 aliphatic carbocycles. The third-order valence-corrected chi connectivity index (χ3v) is 2.66. The van der Waals surface area contributed by atoms with Gasteiger partial charge in [0.25, 0.3) is 0 Å². The molecule has 0 fully saturated rings. The molecule has 1 rings (SSSR count). The molecule has 0 amide bonds. The second-order valence-electron chi connectivity index (χ2n) is 4.00. The van der Waals surface area contributed by atoms with E-state index in [1.54, 1.807) is 6.92 Å². The highest BCUT2D eigenvalue weighted by Gasteiger charge is 2.23. The maximum absolute atomic E-state index is 10.7. The van der Waals surface area contributed by atoms with E-state index in [-0.39, 0.29) is 23.8 Å². The van der Waals surface area contributed by atoms with E-state index in [2.05, 4.69) is 5.32 Å². The van der Waals surface area contributed by atoms with Gasteiger partial charge < -0.3 is 20.6 Å². The molecular formula is C11H14ClNO4. The average molecular weight is 260 g/mol. The Kier molecular flexibility index (Phi) is 4.34. The fourth-order valence-corrected chi connectivity index (χ4v) is 1.43. The van der Waals surface area contributed by atoms with E-state index in [9.17, 15) is 4.79 Å². The molecule has 0 saturated carbocycles. The van der Waals surface area contributed by atoms with Crippen LogP contribution >= 0.6 is 11.6 Å². The Morgan fingerprint density at radius 3 is 2.41 bits per heavy atom. The lowest BCUT2D eigenvalue weighted by atomic mass is 10.0. The summed E-state index contributed by atoms with van der Waals surface area (Å²) in [5, 5.41) is 30.1. The molecule has 0 heterocycles. The molecule has 0 spiro atoms. The number of carbonyl (C=O) groups is 1. The molecular weight excluding hydrogens is 246 g/mol. The number of aliphatic hydroxyl groups is 2. The number of carboxylic acid groups (broad SMARTS) is 1. The predicted molar refractivity (Wildman–Crippen MR) is 64.6 cm³/mol. The molecule has 94 valence electrons. The molecule has 6 heteroatoms. The lowest BCUT2D eigenvalue weighted by Crippen LogP contribution is -2.42. The quantitative estimate of drug-likeness (QED) is 0.638. The summed E-state index contributed by atoms with van der Waals surface area (Å²) in [5.74, 6) is -1.06. The number of rotatable bonds is 5. The molecule has 1 aromatic carbocycles. The zero-order valence-electron chi connectivity index (χ0n) is 9.27. The highest BCUT2D eigenvalue weighted by atomic mass is 35.5. The van der Waals surface area contributed by atoms with E-state index in [0.29, 0.717) is 5.69 Å². The van der Waals surface area contributed by atoms with E-state index in [1.807, 2.05) is 0 Å². The van der Waals surface area contributed by atoms with Gasteiger partial charge >= 0.3 is 5.97 Å². The summed E-state index contributed by atoms with van der Waals surface area (Å²) in [6.07, 6.45) is 0. The summed E-state index contributed by atoms with van der Waals surface area (Å²) in [4.78, 5) is 10.7. The predicted octanol–water partition coefficient (Wildman–Crippen LogP) is 1.19. The molecule has 17 heavy (non-hydrogen) atoms. The molecule has 0 bridgehead atoms. The summed E-state index contributed by atoms with van der Waals surface area (Å²) >= 11 is 5.90. The van der Waals surface area contributed by atoms with Crippen molar-refractivity contribution in [2.75, 3.05) is 18.5 Å². The average Bonchev–Trinajstić information content (AvgIpc) is 2.31. The van der Waals surface area contributed by atoms with Crippen molar-refractivity contribution in [3.8, 4) is 0 Å². The van der Waals surface area contributed by atoms with Gasteiger partial charge in [-0.25, -0.2) is 4.79 Å². The number of anilines is 1. The van der Waals surface area contributed by atoms with E-state index in [4.69, 9.17) is 26.9 Å². The van der Waals surface area contributed by atoms with Crippen molar-refractivity contribution >= 4 is 23.3 Å². The minimum absolute atomic E-state index is 0.0789. The van der Waals surface area contributed by atoms with Crippen LogP contribution in [0.5, 0.6) is 0 Å². The van der Waals surface area contributed by atoms with Gasteiger partial charge in [0.05, 0.1) is 35.0 Å². The van der Waals surface area contributed by atoms with Crippen LogP contribution in [0.25, 0.3) is 0 Å². The van der Waals surface area contributed by atoms with Crippen molar-refractivity contribution in [1.82, 2.24) is 0 Å². The Hall–Kier alpha value is -1.30. The lowest BCUT2D eigenvalue weighted by molar-refractivity contribution is 0.0697. The zero-order valence-corrected chi connectivity index (χ0v) is 10.0. The summed E-state index contributed by atoms with van der Waals surface area (Å²) in [5.41, 5.74) is -0.369. The van der Waals surface area contributed by atoms with E-state index >= 15 is 0 Å². The fourth-order valence-electron chi connectivity index (χ4n) is 1.20. The van der Waals surface area contributed by atoms with Crippen LogP contribution in [0, 0.1) is 0 Å². The van der Waals surface area contributed by atoms with Gasteiger partial charge in [0, 0.05) is 0 Å². The van der Waals surface area contributed by atoms with Crippen LogP contribution in [0.1, 0.15) is 17.3 Å². The highest BCUT2D eigenvalue weighted by molar-refractivity contribution is 6.33. The van der Waals surface area contributed by atoms with E-state index in [1.165, 1.54) is 18.2 Å². The van der Waals surface area contributed by atoms with Gasteiger partial charge in [-0.05, 0) is 25.1 Å². The van der Waals surface area contributed by atoms with Crippen molar-refractivity contribution in [1.29, 1.82) is 0 Å². The van der Waals surface area contributed by atoms with Crippen LogP contribution in [0.15, 0.2) is 18.2 Å². The third-order valence-electron chi connectivity index (χ3n) is 2.35. The van der Waals surface area contributed by atoms with Crippen molar-refractivity contribution in [3.05, 3.63) is 28.8 Å². The Balaban J connectivity index is 2.97. The first kappa shape index (κ1) is 13.8. The van der Waals surface area contributed by atoms with Gasteiger partial charge in [-0.1, -0.05) is 11.6 Å². The first-order chi connectivity index (χ1) is 7.91. The minimum atomic E-state index is -1.06. The molecule has 0 aliphatic rings. The van der Waals surface area contributed by atoms with Gasteiger partial charge in [0.15, 0.2) is 0 Å². The second kappa shape index (κ2) is 5.35. The molecule has 1 aromatic rings. The lowest BCUT2D eigenvalue weighted by Gasteiger charge is -2.28. The van der Waals surface area contributed by atoms with Crippen molar-refractivity contribution in [3.63, 3.8) is 0 Å². The molecule has 0 aliphatic heterocycles. The molecule has 0 saturated heterocycles. The smallest absolute Gasteiger partial charge is 0.335 e. The number of nitrogens with one attached hydrogen (secondary N) is 1. The number of aliphatic hydroxyl groups excluding tert-OH is 2. The van der Waals surface area contributed by atoms with Gasteiger partial charge in [-0.15, -0.1) is 0 Å². The van der Waals surface area contributed by atoms with E-state index < -0.39 is 11.5 Å². The fraction of sp³-hybridized carbons (Fsp3) is 0.364. The number of benzene rings is 1. The van der Waals surface area contributed by atoms with E-state index in [0.717, 1.165) is 0 Å². The van der Waals surface area contributed by atoms with Crippen molar-refractivity contribution in [2.45, 2.75) is 12.5 Å². The first-order valence-electron chi connectivity index (χ1n) is 4.94. The molecule has 0 atom stereocenters. The number of halogens is 1. The summed E-state index contributed by atoms with van der Waals surface area (Å²) in [6, 6.07) is 4.20. The van der Waals surface area contributed by atoms with Crippen LogP contribution < -0.4 is 5.32 Å². The topological polar surface area (TPSA) is 89.8 Å². The molecule has 4 N–H and O–H groups in total. The zero-order chi connectivity index (χ0) is 13.1. The first-order valence-corrected chi connectivity index (χ1v) is 5.32. The monoisotopic (exact) mass is 259 g/mol. The van der Waals surface area contributed by atoms with Crippen LogP contribution in [0.4, 0.5) is 5.69 Å². The number of aromatic carboxylic acids is 1. The summed E-state index contributed by atoms with van der Waals surface area (Å²) in [6.45, 7) is 1.06. The van der Waals surface area contributed by atoms with Crippen molar-refractivity contribution < 1.29 is 20.1 Å². The Morgan fingerprint density at radius 2 is 2.00 bits per heavy atom. The van der Waals surface area contributed by atoms with Crippen molar-refractivity contribution in [2.24, 2.45) is 0 Å². The van der Waals surface area contributed by atoms with Crippen LogP contribution in [-0.4, -0.2) is 40.0 Å². The molecule has 5 nitrogen and oxygen atoms in total. The molecule has 0 aromatic heterocycles. The van der Waals surface area contributed by atoms with Crippen LogP contribution in [-0.2, 0) is 0 Å². The highest BCUT2D eigenvalue weighted by Crippen LogP contribution is 2.26. The Bertz CT molecular complexity index is 418. The van der Waals surface area contributed by atoms with Gasteiger partial charge in [0.1, 0.15) is 0 Å². The van der Waals surface area contributed by atoms with Gasteiger partial charge in [-0.2, -0.15) is 0 Å². The summed E-state index contributed by atoms with van der Waals surface area (Å²) < 4.78 is 0. The molecule has 0 unspecified atom stereocenters. The molecule has 0 radical (unpaired) electrons. The second-order valence-corrected chi connectivity index (χ2v) is 4.41. The normalized spacial score (nSPS) is 11.3. The van der Waals surface area contributed by atoms with Gasteiger partial charge in [-0.3, -0.25) is 0 Å². The Labute approximate surface area is 104 Å². The Morgan fingerprint density at radius 1 is 1.41 bits per heavy atom.